The number of methoxy groups -OCH3 is 1. The fraction of sp³-hybridized carbons (Fsp3) is 0.344. The zero-order valence-electron chi connectivity index (χ0n) is 24.9. The maximum atomic E-state index is 13.4. The van der Waals surface area contributed by atoms with Gasteiger partial charge in [-0.1, -0.05) is 44.5 Å². The number of ether oxygens (including phenoxy) is 2. The van der Waals surface area contributed by atoms with Gasteiger partial charge in [0.05, 0.1) is 31.7 Å². The van der Waals surface area contributed by atoms with Gasteiger partial charge in [-0.05, 0) is 61.1 Å². The number of carbonyl (C=O) groups excluding carboxylic acids is 1. The molecule has 2 aromatic heterocycles. The van der Waals surface area contributed by atoms with E-state index in [9.17, 15) is 4.79 Å². The van der Waals surface area contributed by atoms with Gasteiger partial charge in [0.1, 0.15) is 23.6 Å². The Hall–Kier alpha value is -4.62. The number of benzene rings is 2. The summed E-state index contributed by atoms with van der Waals surface area (Å²) in [4.78, 5) is 27.5. The number of hydrogen-bond donors (Lipinski definition) is 1. The molecule has 1 fully saturated rings. The maximum Gasteiger partial charge on any atom is 0.252 e. The molecule has 222 valence electrons. The zero-order chi connectivity index (χ0) is 30.9. The van der Waals surface area contributed by atoms with Crippen molar-refractivity contribution in [3.63, 3.8) is 0 Å². The van der Waals surface area contributed by atoms with Gasteiger partial charge in [-0.25, -0.2) is 19.5 Å². The van der Waals surface area contributed by atoms with Gasteiger partial charge in [0.15, 0.2) is 17.1 Å². The summed E-state index contributed by atoms with van der Waals surface area (Å²) in [6, 6.07) is 10.8. The average Bonchev–Trinajstić information content (AvgIpc) is 3.59. The van der Waals surface area contributed by atoms with E-state index in [0.29, 0.717) is 57.9 Å². The molecule has 1 aliphatic heterocycles. The van der Waals surface area contributed by atoms with E-state index in [4.69, 9.17) is 38.5 Å². The molecule has 1 saturated heterocycles. The van der Waals surface area contributed by atoms with Gasteiger partial charge in [-0.2, -0.15) is 5.10 Å². The van der Waals surface area contributed by atoms with Gasteiger partial charge >= 0.3 is 0 Å². The molecule has 11 heteroatoms. The first kappa shape index (κ1) is 29.9. The number of nitrogens with zero attached hydrogens (tertiary/aromatic N) is 6. The van der Waals surface area contributed by atoms with Crippen LogP contribution in [0.4, 0.5) is 5.82 Å². The zero-order valence-corrected chi connectivity index (χ0v) is 25.6. The number of likely N-dealkylation sites (tertiary alicyclic amines) is 1. The molecule has 0 saturated carbocycles. The Balaban J connectivity index is 1.48. The summed E-state index contributed by atoms with van der Waals surface area (Å²) in [7, 11) is 1.57. The molecule has 1 amide bonds. The first-order valence-electron chi connectivity index (χ1n) is 14.0. The summed E-state index contributed by atoms with van der Waals surface area (Å²) in [5, 5.41) is 6.14. The van der Waals surface area contributed by atoms with E-state index >= 15 is 0 Å². The van der Waals surface area contributed by atoms with Crippen LogP contribution in [0.5, 0.6) is 17.2 Å². The predicted molar refractivity (Wildman–Crippen MR) is 167 cm³/mol. The molecule has 1 unspecified atom stereocenters. The molecule has 1 aliphatic rings. The SMILES string of the molecule is [C-]#[N+]/C(=C\C(C)(C)C)C(=O)N1CCCC1Cn1nc(-c2ccc(Oc3ccc(C)c(Cl)c3)c(OC)c2)c2c(N)ncnc21. The molecule has 10 nitrogen and oxygen atoms in total. The number of nitrogens with two attached hydrogens (primary N) is 1. The maximum absolute atomic E-state index is 13.4. The van der Waals surface area contributed by atoms with Crippen LogP contribution in [0.25, 0.3) is 27.1 Å². The van der Waals surface area contributed by atoms with Gasteiger partial charge in [0.2, 0.25) is 5.70 Å². The number of hydrogen-bond acceptors (Lipinski definition) is 7. The number of aromatic nitrogens is 4. The number of carbonyl (C=O) groups is 1. The van der Waals surface area contributed by atoms with E-state index in [0.717, 1.165) is 24.0 Å². The van der Waals surface area contributed by atoms with Crippen molar-refractivity contribution in [3.8, 4) is 28.5 Å². The Morgan fingerprint density at radius 2 is 2.00 bits per heavy atom. The number of aryl methyl sites for hydroxylation is 1. The van der Waals surface area contributed by atoms with Gasteiger partial charge in [-0.3, -0.25) is 4.79 Å². The van der Waals surface area contributed by atoms with Crippen molar-refractivity contribution >= 4 is 34.4 Å². The molecular formula is C32H34ClN7O3. The van der Waals surface area contributed by atoms with E-state index < -0.39 is 0 Å². The summed E-state index contributed by atoms with van der Waals surface area (Å²) < 4.78 is 13.5. The lowest BCUT2D eigenvalue weighted by Gasteiger charge is -2.25. The second kappa shape index (κ2) is 11.9. The molecule has 3 heterocycles. The van der Waals surface area contributed by atoms with Crippen LogP contribution in [-0.2, 0) is 11.3 Å². The lowest BCUT2D eigenvalue weighted by molar-refractivity contribution is -0.127. The predicted octanol–water partition coefficient (Wildman–Crippen LogP) is 6.68. The third-order valence-electron chi connectivity index (χ3n) is 7.30. The highest BCUT2D eigenvalue weighted by molar-refractivity contribution is 6.31. The fourth-order valence-electron chi connectivity index (χ4n) is 5.21. The van der Waals surface area contributed by atoms with Crippen LogP contribution in [0, 0.1) is 18.9 Å². The standard InChI is InChI=1S/C32H34ClN7O3/c1-19-9-11-22(15-23(19)33)43-25-12-10-20(14-26(25)42-6)28-27-29(34)36-18-37-30(27)40(38-28)17-21-8-7-13-39(21)31(41)24(35-5)16-32(2,3)4/h9-12,14-16,18,21H,7-8,13,17H2,1-4,6H3,(H2,34,36,37)/b24-16-. The first-order valence-corrected chi connectivity index (χ1v) is 14.4. The van der Waals surface area contributed by atoms with E-state index in [1.165, 1.54) is 6.33 Å². The summed E-state index contributed by atoms with van der Waals surface area (Å²) in [5.74, 6) is 1.63. The van der Waals surface area contributed by atoms with Gasteiger partial charge in [0.25, 0.3) is 5.91 Å². The number of rotatable bonds is 7. The summed E-state index contributed by atoms with van der Waals surface area (Å²) in [5.41, 5.74) is 9.04. The van der Waals surface area contributed by atoms with Crippen LogP contribution in [0.2, 0.25) is 5.02 Å². The molecule has 0 bridgehead atoms. The molecule has 0 radical (unpaired) electrons. The second-order valence-corrected chi connectivity index (χ2v) is 12.1. The minimum Gasteiger partial charge on any atom is -0.493 e. The lowest BCUT2D eigenvalue weighted by atomic mass is 9.95. The molecule has 43 heavy (non-hydrogen) atoms. The number of anilines is 1. The van der Waals surface area contributed by atoms with Crippen molar-refractivity contribution in [1.29, 1.82) is 0 Å². The molecule has 4 aromatic rings. The van der Waals surface area contributed by atoms with Crippen molar-refractivity contribution in [3.05, 3.63) is 76.5 Å². The van der Waals surface area contributed by atoms with Crippen LogP contribution < -0.4 is 15.2 Å². The molecule has 2 N–H and O–H groups in total. The van der Waals surface area contributed by atoms with Crippen LogP contribution >= 0.6 is 11.6 Å². The van der Waals surface area contributed by atoms with Crippen molar-refractivity contribution in [1.82, 2.24) is 24.6 Å². The Labute approximate surface area is 255 Å². The number of fused-ring (bicyclic) bond motifs is 1. The van der Waals surface area contributed by atoms with Crippen molar-refractivity contribution < 1.29 is 14.3 Å². The Bertz CT molecular complexity index is 1770. The quantitative estimate of drug-likeness (QED) is 0.186. The minimum absolute atomic E-state index is 0.138. The number of amides is 1. The van der Waals surface area contributed by atoms with E-state index in [2.05, 4.69) is 14.8 Å². The topological polar surface area (TPSA) is 113 Å². The first-order chi connectivity index (χ1) is 20.5. The smallest absolute Gasteiger partial charge is 0.252 e. The van der Waals surface area contributed by atoms with E-state index in [1.807, 2.05) is 52.0 Å². The van der Waals surface area contributed by atoms with E-state index in [1.54, 1.807) is 34.9 Å². The minimum atomic E-state index is -0.291. The molecule has 5 rings (SSSR count). The molecule has 0 aliphatic carbocycles. The monoisotopic (exact) mass is 599 g/mol. The van der Waals surface area contributed by atoms with Crippen molar-refractivity contribution in [2.45, 2.75) is 53.1 Å². The van der Waals surface area contributed by atoms with Crippen LogP contribution in [0.1, 0.15) is 39.2 Å². The summed E-state index contributed by atoms with van der Waals surface area (Å²) >= 11 is 6.28. The summed E-state index contributed by atoms with van der Waals surface area (Å²) in [6.45, 7) is 16.4. The number of allylic oxidation sites excluding steroid dienone is 1. The molecule has 2 aromatic carbocycles. The Morgan fingerprint density at radius 3 is 2.70 bits per heavy atom. The highest BCUT2D eigenvalue weighted by atomic mass is 35.5. The molecule has 0 spiro atoms. The largest absolute Gasteiger partial charge is 0.493 e. The van der Waals surface area contributed by atoms with Crippen LogP contribution in [0.15, 0.2) is 54.5 Å². The second-order valence-electron chi connectivity index (χ2n) is 11.7. The van der Waals surface area contributed by atoms with Crippen LogP contribution in [0.3, 0.4) is 0 Å². The lowest BCUT2D eigenvalue weighted by Crippen LogP contribution is -2.39. The Morgan fingerprint density at radius 1 is 1.21 bits per heavy atom. The third-order valence-corrected chi connectivity index (χ3v) is 7.70. The fourth-order valence-corrected chi connectivity index (χ4v) is 5.39. The summed E-state index contributed by atoms with van der Waals surface area (Å²) in [6.07, 6.45) is 4.77. The molecule has 1 atom stereocenters. The third kappa shape index (κ3) is 6.27. The average molecular weight is 600 g/mol. The number of halogens is 1. The Kier molecular flexibility index (Phi) is 8.29. The normalized spacial score (nSPS) is 15.5. The highest BCUT2D eigenvalue weighted by Crippen LogP contribution is 2.39. The van der Waals surface area contributed by atoms with Crippen molar-refractivity contribution in [2.24, 2.45) is 5.41 Å². The van der Waals surface area contributed by atoms with Gasteiger partial charge < -0.3 is 20.1 Å². The highest BCUT2D eigenvalue weighted by Gasteiger charge is 2.33. The van der Waals surface area contributed by atoms with E-state index in [-0.39, 0.29) is 23.1 Å². The number of nitrogen functional groups attached to an aromatic ring is 1. The van der Waals surface area contributed by atoms with Gasteiger partial charge in [0, 0.05) is 17.1 Å². The van der Waals surface area contributed by atoms with Crippen LogP contribution in [-0.4, -0.2) is 50.3 Å². The van der Waals surface area contributed by atoms with Gasteiger partial charge in [-0.15, -0.1) is 0 Å². The van der Waals surface area contributed by atoms with Crippen molar-refractivity contribution in [2.75, 3.05) is 19.4 Å². The molecular weight excluding hydrogens is 566 g/mol.